The van der Waals surface area contributed by atoms with Crippen molar-refractivity contribution in [1.82, 2.24) is 0 Å². The number of para-hydroxylation sites is 2. The summed E-state index contributed by atoms with van der Waals surface area (Å²) in [5, 5.41) is 2.95. The van der Waals surface area contributed by atoms with Crippen LogP contribution in [0.1, 0.15) is 45.1 Å². The summed E-state index contributed by atoms with van der Waals surface area (Å²) >= 11 is 0. The molecule has 0 aromatic heterocycles. The van der Waals surface area contributed by atoms with Crippen molar-refractivity contribution >= 4 is 11.6 Å². The smallest absolute Gasteiger partial charge is 0.265 e. The fraction of sp³-hybridized carbons (Fsp3) is 0.269. The molecule has 4 nitrogen and oxygen atoms in total. The third-order valence-corrected chi connectivity index (χ3v) is 5.10. The van der Waals surface area contributed by atoms with E-state index in [0.717, 1.165) is 23.5 Å². The number of hydrogen-bond donors (Lipinski definition) is 1. The van der Waals surface area contributed by atoms with Gasteiger partial charge in [0.2, 0.25) is 0 Å². The molecule has 0 heterocycles. The molecule has 1 N–H and O–H groups in total. The van der Waals surface area contributed by atoms with Crippen molar-refractivity contribution in [2.75, 3.05) is 5.32 Å². The highest BCUT2D eigenvalue weighted by Gasteiger charge is 2.21. The number of nitrogens with one attached hydrogen (secondary N) is 1. The Bertz CT molecular complexity index is 938. The molecule has 3 rings (SSSR count). The van der Waals surface area contributed by atoms with E-state index in [1.165, 1.54) is 0 Å². The van der Waals surface area contributed by atoms with Crippen molar-refractivity contribution in [2.24, 2.45) is 0 Å². The molecule has 4 heteroatoms. The van der Waals surface area contributed by atoms with Crippen LogP contribution in [0.15, 0.2) is 78.9 Å². The van der Waals surface area contributed by atoms with Gasteiger partial charge in [0, 0.05) is 5.69 Å². The van der Waals surface area contributed by atoms with Crippen LogP contribution in [-0.2, 0) is 4.79 Å². The van der Waals surface area contributed by atoms with Gasteiger partial charge in [-0.15, -0.1) is 0 Å². The molecule has 30 heavy (non-hydrogen) atoms. The fourth-order valence-corrected chi connectivity index (χ4v) is 3.14. The SMILES string of the molecule is CCC(Oc1ccccc1C(C)CC)C(=O)Nc1ccc(Oc2ccccc2)cc1. The van der Waals surface area contributed by atoms with Crippen LogP contribution in [0.4, 0.5) is 5.69 Å². The average molecular weight is 404 g/mol. The zero-order valence-corrected chi connectivity index (χ0v) is 17.8. The Morgan fingerprint density at radius 3 is 2.13 bits per heavy atom. The minimum absolute atomic E-state index is 0.159. The molecule has 0 bridgehead atoms. The maximum absolute atomic E-state index is 12.8. The first kappa shape index (κ1) is 21.4. The topological polar surface area (TPSA) is 47.6 Å². The predicted molar refractivity (Wildman–Crippen MR) is 121 cm³/mol. The van der Waals surface area contributed by atoms with E-state index < -0.39 is 6.10 Å². The van der Waals surface area contributed by atoms with Gasteiger partial charge in [-0.25, -0.2) is 0 Å². The largest absolute Gasteiger partial charge is 0.480 e. The molecular weight excluding hydrogens is 374 g/mol. The van der Waals surface area contributed by atoms with Gasteiger partial charge in [0.1, 0.15) is 17.2 Å². The minimum atomic E-state index is -0.560. The van der Waals surface area contributed by atoms with Crippen molar-refractivity contribution in [2.45, 2.75) is 45.6 Å². The lowest BCUT2D eigenvalue weighted by Gasteiger charge is -2.21. The van der Waals surface area contributed by atoms with Crippen molar-refractivity contribution in [3.05, 3.63) is 84.4 Å². The number of rotatable bonds is 9. The monoisotopic (exact) mass is 403 g/mol. The zero-order chi connectivity index (χ0) is 21.3. The van der Waals surface area contributed by atoms with Gasteiger partial charge in [0.15, 0.2) is 6.10 Å². The van der Waals surface area contributed by atoms with Crippen molar-refractivity contribution < 1.29 is 14.3 Å². The summed E-state index contributed by atoms with van der Waals surface area (Å²) in [5.41, 5.74) is 1.84. The average Bonchev–Trinajstić information content (AvgIpc) is 2.79. The van der Waals surface area contributed by atoms with Gasteiger partial charge in [0.05, 0.1) is 0 Å². The summed E-state index contributed by atoms with van der Waals surface area (Å²) in [6.45, 7) is 6.27. The van der Waals surface area contributed by atoms with Gasteiger partial charge in [-0.2, -0.15) is 0 Å². The van der Waals surface area contributed by atoms with Crippen LogP contribution in [-0.4, -0.2) is 12.0 Å². The summed E-state index contributed by atoms with van der Waals surface area (Å²) in [5.74, 6) is 2.48. The van der Waals surface area contributed by atoms with Crippen molar-refractivity contribution in [1.29, 1.82) is 0 Å². The molecule has 0 aliphatic carbocycles. The second-order valence-electron chi connectivity index (χ2n) is 7.29. The van der Waals surface area contributed by atoms with Crippen molar-refractivity contribution in [3.8, 4) is 17.2 Å². The Hall–Kier alpha value is -3.27. The summed E-state index contributed by atoms with van der Waals surface area (Å²) in [6, 6.07) is 24.9. The highest BCUT2D eigenvalue weighted by atomic mass is 16.5. The summed E-state index contributed by atoms with van der Waals surface area (Å²) < 4.78 is 11.9. The lowest BCUT2D eigenvalue weighted by atomic mass is 9.98. The molecule has 0 saturated heterocycles. The van der Waals surface area contributed by atoms with Crippen LogP contribution in [0.25, 0.3) is 0 Å². The lowest BCUT2D eigenvalue weighted by molar-refractivity contribution is -0.122. The Labute approximate surface area is 178 Å². The van der Waals surface area contributed by atoms with E-state index in [2.05, 4.69) is 25.2 Å². The zero-order valence-electron chi connectivity index (χ0n) is 17.8. The third-order valence-electron chi connectivity index (χ3n) is 5.10. The van der Waals surface area contributed by atoms with Crippen LogP contribution in [0.2, 0.25) is 0 Å². The van der Waals surface area contributed by atoms with Crippen molar-refractivity contribution in [3.63, 3.8) is 0 Å². The summed E-state index contributed by atoms with van der Waals surface area (Å²) in [7, 11) is 0. The van der Waals surface area contributed by atoms with E-state index in [9.17, 15) is 4.79 Å². The molecule has 3 aromatic rings. The van der Waals surface area contributed by atoms with Gasteiger partial charge >= 0.3 is 0 Å². The van der Waals surface area contributed by atoms with Crippen LogP contribution in [0.3, 0.4) is 0 Å². The van der Waals surface area contributed by atoms with E-state index in [1.54, 1.807) is 0 Å². The minimum Gasteiger partial charge on any atom is -0.480 e. The van der Waals surface area contributed by atoms with E-state index in [4.69, 9.17) is 9.47 Å². The molecule has 3 aromatic carbocycles. The second-order valence-corrected chi connectivity index (χ2v) is 7.29. The fourth-order valence-electron chi connectivity index (χ4n) is 3.14. The molecule has 0 aliphatic rings. The van der Waals surface area contributed by atoms with Crippen LogP contribution >= 0.6 is 0 Å². The first-order valence-electron chi connectivity index (χ1n) is 10.5. The maximum Gasteiger partial charge on any atom is 0.265 e. The third kappa shape index (κ3) is 5.63. The highest BCUT2D eigenvalue weighted by Crippen LogP contribution is 2.30. The second kappa shape index (κ2) is 10.5. The molecular formula is C26H29NO3. The van der Waals surface area contributed by atoms with Gasteiger partial charge in [-0.1, -0.05) is 57.2 Å². The molecule has 0 aliphatic heterocycles. The molecule has 0 saturated carbocycles. The van der Waals surface area contributed by atoms with E-state index >= 15 is 0 Å². The highest BCUT2D eigenvalue weighted by molar-refractivity contribution is 5.94. The first-order valence-corrected chi connectivity index (χ1v) is 10.5. The number of amides is 1. The molecule has 156 valence electrons. The van der Waals surface area contributed by atoms with Gasteiger partial charge in [-0.05, 0) is 66.8 Å². The number of ether oxygens (including phenoxy) is 2. The lowest BCUT2D eigenvalue weighted by Crippen LogP contribution is -2.32. The number of hydrogen-bond acceptors (Lipinski definition) is 3. The summed E-state index contributed by atoms with van der Waals surface area (Å²) in [4.78, 5) is 12.8. The standard InChI is InChI=1S/C26H29NO3/c1-4-19(3)23-13-9-10-14-25(23)30-24(5-2)26(28)27-20-15-17-22(18-16-20)29-21-11-7-6-8-12-21/h6-19,24H,4-5H2,1-3H3,(H,27,28). The van der Waals surface area contributed by atoms with Crippen LogP contribution in [0, 0.1) is 0 Å². The predicted octanol–water partition coefficient (Wildman–Crippen LogP) is 6.79. The number of carbonyl (C=O) groups is 1. The Morgan fingerprint density at radius 2 is 1.47 bits per heavy atom. The Kier molecular flexibility index (Phi) is 7.50. The number of anilines is 1. The van der Waals surface area contributed by atoms with Gasteiger partial charge < -0.3 is 14.8 Å². The molecule has 2 unspecified atom stereocenters. The van der Waals surface area contributed by atoms with Crippen LogP contribution < -0.4 is 14.8 Å². The Balaban J connectivity index is 1.64. The molecule has 0 fully saturated rings. The van der Waals surface area contributed by atoms with E-state index in [1.807, 2.05) is 79.7 Å². The van der Waals surface area contributed by atoms with Gasteiger partial charge in [-0.3, -0.25) is 4.79 Å². The normalized spacial score (nSPS) is 12.6. The quantitative estimate of drug-likeness (QED) is 0.428. The Morgan fingerprint density at radius 1 is 0.833 bits per heavy atom. The summed E-state index contributed by atoms with van der Waals surface area (Å²) in [6.07, 6.45) is 1.03. The van der Waals surface area contributed by atoms with E-state index in [0.29, 0.717) is 23.8 Å². The molecule has 1 amide bonds. The number of benzene rings is 3. The molecule has 2 atom stereocenters. The maximum atomic E-state index is 12.8. The first-order chi connectivity index (χ1) is 14.6. The van der Waals surface area contributed by atoms with Gasteiger partial charge in [0.25, 0.3) is 5.91 Å². The molecule has 0 spiro atoms. The molecule has 0 radical (unpaired) electrons. The van der Waals surface area contributed by atoms with Crippen LogP contribution in [0.5, 0.6) is 17.2 Å². The number of carbonyl (C=O) groups excluding carboxylic acids is 1. The van der Waals surface area contributed by atoms with E-state index in [-0.39, 0.29) is 5.91 Å².